The lowest BCUT2D eigenvalue weighted by Crippen LogP contribution is -2.09. The number of carboxylic acids is 1. The number of benzene rings is 2. The van der Waals surface area contributed by atoms with Crippen LogP contribution >= 0.6 is 0 Å². The minimum Gasteiger partial charge on any atom is -0.478 e. The maximum absolute atomic E-state index is 11.5. The first kappa shape index (κ1) is 31.9. The summed E-state index contributed by atoms with van der Waals surface area (Å²) in [4.78, 5) is 61.4. The van der Waals surface area contributed by atoms with Gasteiger partial charge in [0.15, 0.2) is 0 Å². The number of non-ortho nitro benzene ring substituents is 2. The minimum atomic E-state index is -1.44. The van der Waals surface area contributed by atoms with Gasteiger partial charge >= 0.3 is 11.9 Å². The van der Waals surface area contributed by atoms with Gasteiger partial charge in [-0.05, 0) is 27.7 Å². The summed E-state index contributed by atoms with van der Waals surface area (Å²) in [6, 6.07) is 3.32. The number of hydrogen-bond donors (Lipinski definition) is 2. The van der Waals surface area contributed by atoms with Crippen LogP contribution in [0.5, 0.6) is 0 Å². The fourth-order valence-corrected chi connectivity index (χ4v) is 2.60. The maximum atomic E-state index is 11.5. The van der Waals surface area contributed by atoms with Gasteiger partial charge in [0.25, 0.3) is 22.7 Å². The van der Waals surface area contributed by atoms with E-state index in [0.29, 0.717) is 0 Å². The number of aromatic carboxylic acids is 1. The van der Waals surface area contributed by atoms with Crippen LogP contribution in [0.1, 0.15) is 45.7 Å². The van der Waals surface area contributed by atoms with E-state index in [1.165, 1.54) is 13.8 Å². The van der Waals surface area contributed by atoms with E-state index in [-0.39, 0.29) is 29.9 Å². The summed E-state index contributed by atoms with van der Waals surface area (Å²) in [5.74, 6) is -2.26. The average molecular weight is 526 g/mol. The minimum absolute atomic E-state index is 0.0454. The third kappa shape index (κ3) is 8.91. The molecule has 0 heterocycles. The Kier molecular flexibility index (Phi) is 12.4. The summed E-state index contributed by atoms with van der Waals surface area (Å²) >= 11 is 0. The Hall–Kier alpha value is -5.06. The summed E-state index contributed by atoms with van der Waals surface area (Å²) in [7, 11) is 0. The number of nitro groups is 4. The molecule has 2 rings (SSSR count). The Bertz CT molecular complexity index is 1190. The first-order chi connectivity index (χ1) is 17.1. The van der Waals surface area contributed by atoms with Gasteiger partial charge in [-0.25, -0.2) is 9.59 Å². The summed E-state index contributed by atoms with van der Waals surface area (Å²) < 4.78 is 4.69. The van der Waals surface area contributed by atoms with Gasteiger partial charge in [-0.1, -0.05) is 0 Å². The van der Waals surface area contributed by atoms with Crippen molar-refractivity contribution < 1.29 is 44.2 Å². The number of esters is 1. The van der Waals surface area contributed by atoms with E-state index in [9.17, 15) is 50.0 Å². The quantitative estimate of drug-likeness (QED) is 0.298. The molecule has 0 atom stereocenters. The number of hydrogen-bond acceptors (Lipinski definition) is 12. The van der Waals surface area contributed by atoms with Gasteiger partial charge in [0, 0.05) is 29.9 Å². The van der Waals surface area contributed by atoms with Crippen LogP contribution < -0.4 is 0 Å². The van der Waals surface area contributed by atoms with Crippen molar-refractivity contribution in [2.75, 3.05) is 13.2 Å². The van der Waals surface area contributed by atoms with Gasteiger partial charge in [-0.15, -0.1) is 0 Å². The van der Waals surface area contributed by atoms with Crippen LogP contribution in [0.3, 0.4) is 0 Å². The molecule has 2 aromatic carbocycles. The van der Waals surface area contributed by atoms with Gasteiger partial charge in [0.2, 0.25) is 0 Å². The van der Waals surface area contributed by atoms with Crippen LogP contribution in [0.2, 0.25) is 0 Å². The summed E-state index contributed by atoms with van der Waals surface area (Å²) in [6.45, 7) is 6.15. The molecule has 0 aliphatic rings. The molecule has 17 heteroatoms. The number of rotatable bonds is 7. The van der Waals surface area contributed by atoms with E-state index in [2.05, 4.69) is 0 Å². The normalized spacial score (nSPS) is 9.54. The number of nitrogens with zero attached hydrogens (tertiary/aromatic N) is 4. The molecule has 0 spiro atoms. The highest BCUT2D eigenvalue weighted by Crippen LogP contribution is 2.29. The molecule has 2 aromatic rings. The predicted octanol–water partition coefficient (Wildman–Crippen LogP) is 3.50. The summed E-state index contributed by atoms with van der Waals surface area (Å²) in [5.41, 5.74) is -2.87. The fraction of sp³-hybridized carbons (Fsp3) is 0.300. The van der Waals surface area contributed by atoms with E-state index < -0.39 is 59.9 Å². The lowest BCUT2D eigenvalue weighted by Gasteiger charge is -2.05. The van der Waals surface area contributed by atoms with Crippen LogP contribution in [-0.2, 0) is 4.74 Å². The molecule has 0 bridgehead atoms. The highest BCUT2D eigenvalue weighted by molar-refractivity contribution is 5.93. The average Bonchev–Trinajstić information content (AvgIpc) is 2.79. The Morgan fingerprint density at radius 3 is 1.41 bits per heavy atom. The highest BCUT2D eigenvalue weighted by atomic mass is 16.6. The van der Waals surface area contributed by atoms with Crippen molar-refractivity contribution in [3.63, 3.8) is 0 Å². The van der Waals surface area contributed by atoms with Gasteiger partial charge in [0.1, 0.15) is 0 Å². The number of carboxylic acid groups (broad SMARTS) is 1. The van der Waals surface area contributed by atoms with Crippen molar-refractivity contribution >= 4 is 34.7 Å². The second-order valence-electron chi connectivity index (χ2n) is 6.65. The van der Waals surface area contributed by atoms with E-state index in [1.54, 1.807) is 13.8 Å². The molecule has 0 aliphatic heterocycles. The first-order valence-corrected chi connectivity index (χ1v) is 10.0. The van der Waals surface area contributed by atoms with Gasteiger partial charge in [0.05, 0.1) is 49.6 Å². The van der Waals surface area contributed by atoms with Crippen LogP contribution in [0.15, 0.2) is 24.3 Å². The third-order valence-electron chi connectivity index (χ3n) is 4.27. The molecular formula is C20H22N4O13. The summed E-state index contributed by atoms with van der Waals surface area (Å²) in [5, 5.41) is 58.7. The molecule has 0 aromatic heterocycles. The molecule has 2 N–H and O–H groups in total. The van der Waals surface area contributed by atoms with Crippen LogP contribution in [0.25, 0.3) is 0 Å². The van der Waals surface area contributed by atoms with Crippen molar-refractivity contribution in [2.24, 2.45) is 0 Å². The Labute approximate surface area is 207 Å². The van der Waals surface area contributed by atoms with Crippen molar-refractivity contribution in [3.8, 4) is 0 Å². The molecule has 200 valence electrons. The monoisotopic (exact) mass is 526 g/mol. The zero-order valence-corrected chi connectivity index (χ0v) is 19.9. The Balaban J connectivity index is 0.000000637. The van der Waals surface area contributed by atoms with E-state index in [4.69, 9.17) is 14.9 Å². The van der Waals surface area contributed by atoms with Crippen LogP contribution in [0.4, 0.5) is 22.7 Å². The number of ether oxygens (including phenoxy) is 1. The summed E-state index contributed by atoms with van der Waals surface area (Å²) in [6.07, 6.45) is 0. The molecule has 0 saturated heterocycles. The molecule has 37 heavy (non-hydrogen) atoms. The van der Waals surface area contributed by atoms with E-state index in [1.807, 2.05) is 0 Å². The Morgan fingerprint density at radius 1 is 0.757 bits per heavy atom. The molecule has 0 saturated carbocycles. The Morgan fingerprint density at radius 2 is 1.11 bits per heavy atom. The number of nitro benzene ring substituents is 4. The van der Waals surface area contributed by atoms with Crippen molar-refractivity contribution in [1.82, 2.24) is 0 Å². The number of aliphatic hydroxyl groups excluding tert-OH is 1. The number of aliphatic hydroxyl groups is 1. The standard InChI is InChI=1S/C10H10N2O6.C8H6N2O6.C2H6O/c1-3-18-10(13)8-4-7(11(14)15)5-9(6(8)2)12(16)17;1-4-6(8(11)12)2-5(9(13)14)3-7(4)10(15)16;1-2-3/h4-5H,3H2,1-2H3;2-3H,1H3,(H,11,12);3H,2H2,1H3. The molecule has 0 radical (unpaired) electrons. The van der Waals surface area contributed by atoms with Crippen molar-refractivity contribution in [1.29, 1.82) is 0 Å². The third-order valence-corrected chi connectivity index (χ3v) is 4.27. The lowest BCUT2D eigenvalue weighted by molar-refractivity contribution is -0.394. The zero-order chi connectivity index (χ0) is 29.0. The molecule has 17 nitrogen and oxygen atoms in total. The smallest absolute Gasteiger partial charge is 0.338 e. The van der Waals surface area contributed by atoms with Gasteiger partial charge in [-0.2, -0.15) is 0 Å². The molecule has 0 aliphatic carbocycles. The van der Waals surface area contributed by atoms with Crippen LogP contribution in [-0.4, -0.2) is 55.1 Å². The SMILES string of the molecule is CCO.CCOC(=O)c1cc([N+](=O)[O-])cc([N+](=O)[O-])c1C.Cc1c(C(=O)O)cc([N+](=O)[O-])cc1[N+](=O)[O-]. The fourth-order valence-electron chi connectivity index (χ4n) is 2.60. The largest absolute Gasteiger partial charge is 0.478 e. The maximum Gasteiger partial charge on any atom is 0.338 e. The predicted molar refractivity (Wildman–Crippen MR) is 125 cm³/mol. The topological polar surface area (TPSA) is 256 Å². The zero-order valence-electron chi connectivity index (χ0n) is 19.9. The molecular weight excluding hydrogens is 504 g/mol. The second-order valence-corrected chi connectivity index (χ2v) is 6.65. The van der Waals surface area contributed by atoms with E-state index in [0.717, 1.165) is 24.3 Å². The van der Waals surface area contributed by atoms with Crippen molar-refractivity contribution in [2.45, 2.75) is 27.7 Å². The number of carbonyl (C=O) groups excluding carboxylic acids is 1. The van der Waals surface area contributed by atoms with Gasteiger partial charge < -0.3 is 14.9 Å². The molecule has 0 fully saturated rings. The van der Waals surface area contributed by atoms with Crippen LogP contribution in [0, 0.1) is 54.3 Å². The molecule has 0 unspecified atom stereocenters. The van der Waals surface area contributed by atoms with Gasteiger partial charge in [-0.3, -0.25) is 40.5 Å². The highest BCUT2D eigenvalue weighted by Gasteiger charge is 2.26. The first-order valence-electron chi connectivity index (χ1n) is 10.0. The second kappa shape index (κ2) is 14.4. The molecule has 0 amide bonds. The number of carbonyl (C=O) groups is 2. The van der Waals surface area contributed by atoms with E-state index >= 15 is 0 Å². The van der Waals surface area contributed by atoms with Crippen molar-refractivity contribution in [3.05, 3.63) is 87.0 Å². The lowest BCUT2D eigenvalue weighted by atomic mass is 10.1.